The molecule has 3 aromatic rings. The van der Waals surface area contributed by atoms with Gasteiger partial charge in [0.2, 0.25) is 0 Å². The fraction of sp³-hybridized carbons (Fsp3) is 0.143. The summed E-state index contributed by atoms with van der Waals surface area (Å²) in [5.41, 5.74) is 6.07. The highest BCUT2D eigenvalue weighted by molar-refractivity contribution is 6.48. The fourth-order valence-electron chi connectivity index (χ4n) is 3.99. The Bertz CT molecular complexity index is 1490. The lowest BCUT2D eigenvalue weighted by Crippen LogP contribution is -2.36. The molecular formula is C28H24N4O6. The number of allylic oxidation sites excluding steroid dienone is 2. The Morgan fingerprint density at radius 3 is 2.13 bits per heavy atom. The number of rotatable bonds is 7. The first-order valence-corrected chi connectivity index (χ1v) is 11.6. The van der Waals surface area contributed by atoms with Crippen molar-refractivity contribution in [1.29, 1.82) is 0 Å². The highest BCUT2D eigenvalue weighted by Gasteiger charge is 2.35. The summed E-state index contributed by atoms with van der Waals surface area (Å²) in [5, 5.41) is 40.9. The van der Waals surface area contributed by atoms with Crippen LogP contribution in [0.5, 0.6) is 5.75 Å². The first-order chi connectivity index (χ1) is 18.2. The maximum atomic E-state index is 12.4. The van der Waals surface area contributed by atoms with Crippen LogP contribution >= 0.6 is 0 Å². The van der Waals surface area contributed by atoms with Crippen molar-refractivity contribution in [3.63, 3.8) is 0 Å². The van der Waals surface area contributed by atoms with Crippen LogP contribution in [0.3, 0.4) is 0 Å². The zero-order valence-corrected chi connectivity index (χ0v) is 20.5. The molecule has 0 saturated heterocycles. The molecule has 0 spiro atoms. The summed E-state index contributed by atoms with van der Waals surface area (Å²) < 4.78 is 0. The summed E-state index contributed by atoms with van der Waals surface area (Å²) in [7, 11) is 0. The van der Waals surface area contributed by atoms with Gasteiger partial charge in [-0.2, -0.15) is 10.2 Å². The minimum Gasteiger partial charge on any atom is -0.505 e. The van der Waals surface area contributed by atoms with E-state index in [0.29, 0.717) is 16.9 Å². The van der Waals surface area contributed by atoms with Crippen molar-refractivity contribution in [3.05, 3.63) is 83.9 Å². The number of aliphatic carboxylic acids is 1. The Balaban J connectivity index is 1.44. The summed E-state index contributed by atoms with van der Waals surface area (Å²) in [6.45, 7) is 3.27. The lowest BCUT2D eigenvalue weighted by atomic mass is 9.83. The number of aromatic carboxylic acids is 1. The SMILES string of the molecule is Cc1ccc(N=Nc2ccc(-c3ccc(NN=C4C=CC(C)C(C(=O)O)C4=O)cc3)cc2)c(O)c1C(=O)O. The van der Waals surface area contributed by atoms with Crippen molar-refractivity contribution in [1.82, 2.24) is 0 Å². The van der Waals surface area contributed by atoms with Gasteiger partial charge >= 0.3 is 11.9 Å². The zero-order valence-electron chi connectivity index (χ0n) is 20.5. The Morgan fingerprint density at radius 2 is 1.53 bits per heavy atom. The van der Waals surface area contributed by atoms with Crippen LogP contribution in [0.4, 0.5) is 17.1 Å². The first-order valence-electron chi connectivity index (χ1n) is 11.6. The molecule has 1 aliphatic carbocycles. The van der Waals surface area contributed by atoms with Gasteiger partial charge < -0.3 is 15.3 Å². The van der Waals surface area contributed by atoms with Crippen LogP contribution in [0.25, 0.3) is 11.1 Å². The number of aromatic hydroxyl groups is 1. The third-order valence-electron chi connectivity index (χ3n) is 6.13. The smallest absolute Gasteiger partial charge is 0.339 e. The number of aryl methyl sites for hydroxylation is 1. The Morgan fingerprint density at radius 1 is 0.895 bits per heavy atom. The van der Waals surface area contributed by atoms with Gasteiger partial charge in [0, 0.05) is 0 Å². The quantitative estimate of drug-likeness (QED) is 0.179. The van der Waals surface area contributed by atoms with E-state index in [9.17, 15) is 29.7 Å². The monoisotopic (exact) mass is 512 g/mol. The van der Waals surface area contributed by atoms with E-state index < -0.39 is 35.3 Å². The first kappa shape index (κ1) is 26.0. The molecule has 0 bridgehead atoms. The van der Waals surface area contributed by atoms with Crippen LogP contribution in [0.1, 0.15) is 22.8 Å². The number of carboxylic acid groups (broad SMARTS) is 2. The van der Waals surface area contributed by atoms with Crippen molar-refractivity contribution in [2.75, 3.05) is 5.43 Å². The lowest BCUT2D eigenvalue weighted by Gasteiger charge is -2.20. The van der Waals surface area contributed by atoms with E-state index in [0.717, 1.165) is 11.1 Å². The number of carbonyl (C=O) groups is 3. The van der Waals surface area contributed by atoms with Crippen LogP contribution in [0, 0.1) is 18.8 Å². The highest BCUT2D eigenvalue weighted by atomic mass is 16.4. The number of benzene rings is 3. The molecule has 3 aromatic carbocycles. The lowest BCUT2D eigenvalue weighted by molar-refractivity contribution is -0.146. The average Bonchev–Trinajstić information content (AvgIpc) is 2.88. The third kappa shape index (κ3) is 5.49. The molecule has 10 heteroatoms. The van der Waals surface area contributed by atoms with Crippen LogP contribution in [0.2, 0.25) is 0 Å². The number of phenols is 1. The molecule has 0 fully saturated rings. The number of nitrogens with zero attached hydrogens (tertiary/aromatic N) is 3. The number of nitrogens with one attached hydrogen (secondary N) is 1. The van der Waals surface area contributed by atoms with E-state index >= 15 is 0 Å². The molecule has 192 valence electrons. The van der Waals surface area contributed by atoms with Gasteiger partial charge in [0.05, 0.1) is 11.4 Å². The molecular weight excluding hydrogens is 488 g/mol. The second-order valence-corrected chi connectivity index (χ2v) is 8.76. The predicted octanol–water partition coefficient (Wildman–Crippen LogP) is 5.72. The van der Waals surface area contributed by atoms with Gasteiger partial charge in [-0.15, -0.1) is 5.11 Å². The highest BCUT2D eigenvalue weighted by Crippen LogP contribution is 2.34. The molecule has 4 N–H and O–H groups in total. The van der Waals surface area contributed by atoms with Gasteiger partial charge in [-0.1, -0.05) is 43.3 Å². The van der Waals surface area contributed by atoms with E-state index in [1.807, 2.05) is 24.3 Å². The predicted molar refractivity (Wildman–Crippen MR) is 141 cm³/mol. The minimum atomic E-state index is -1.24. The molecule has 0 aromatic heterocycles. The molecule has 10 nitrogen and oxygen atoms in total. The van der Waals surface area contributed by atoms with Crippen molar-refractivity contribution < 1.29 is 29.7 Å². The normalized spacial score (nSPS) is 18.2. The standard InChI is InChI=1S/C28H24N4O6/c1-15-3-13-21(25(33)23(15)27(35)36)31-29-19-9-5-17(6-10-19)18-7-11-20(12-8-18)30-32-22-14-4-16(2)24(26(22)34)28(37)38/h3-15,23,29,34H,1-2H3,(H,35,36)(H,37,38). The molecule has 1 aliphatic rings. The molecule has 4 rings (SSSR count). The summed E-state index contributed by atoms with van der Waals surface area (Å²) in [4.78, 5) is 35.1. The van der Waals surface area contributed by atoms with Gasteiger partial charge in [-0.05, 0) is 65.9 Å². The number of Topliss-reactive ketones (excluding diaryl/α,β-unsaturated/α-hetero) is 1. The molecule has 0 heterocycles. The summed E-state index contributed by atoms with van der Waals surface area (Å²) >= 11 is 0. The molecule has 0 radical (unpaired) electrons. The van der Waals surface area contributed by atoms with Gasteiger partial charge in [-0.25, -0.2) is 4.79 Å². The van der Waals surface area contributed by atoms with E-state index in [4.69, 9.17) is 0 Å². The molecule has 2 atom stereocenters. The van der Waals surface area contributed by atoms with Gasteiger partial charge in [0.1, 0.15) is 22.9 Å². The number of anilines is 1. The number of azo groups is 1. The fourth-order valence-corrected chi connectivity index (χ4v) is 3.99. The van der Waals surface area contributed by atoms with Crippen LogP contribution in [0.15, 0.2) is 88.1 Å². The number of carbonyl (C=O) groups excluding carboxylic acids is 1. The van der Waals surface area contributed by atoms with Crippen LogP contribution in [-0.4, -0.2) is 38.8 Å². The maximum Gasteiger partial charge on any atom is 0.339 e. The molecule has 2 unspecified atom stereocenters. The van der Waals surface area contributed by atoms with E-state index in [2.05, 4.69) is 20.8 Å². The summed E-state index contributed by atoms with van der Waals surface area (Å²) in [6.07, 6.45) is 3.18. The minimum absolute atomic E-state index is 0.0575. The van der Waals surface area contributed by atoms with Gasteiger partial charge in [0.15, 0.2) is 11.5 Å². The van der Waals surface area contributed by atoms with Gasteiger partial charge in [0.25, 0.3) is 0 Å². The number of hydrogen-bond acceptors (Lipinski definition) is 8. The van der Waals surface area contributed by atoms with Crippen molar-refractivity contribution >= 4 is 40.5 Å². The van der Waals surface area contributed by atoms with E-state index in [-0.39, 0.29) is 17.0 Å². The second-order valence-electron chi connectivity index (χ2n) is 8.76. The number of hydrogen-bond donors (Lipinski definition) is 4. The summed E-state index contributed by atoms with van der Waals surface area (Å²) in [6, 6.07) is 17.5. The van der Waals surface area contributed by atoms with Crippen LogP contribution < -0.4 is 5.43 Å². The third-order valence-corrected chi connectivity index (χ3v) is 6.13. The zero-order chi connectivity index (χ0) is 27.4. The number of ketones is 1. The Labute approximate surface area is 217 Å². The van der Waals surface area contributed by atoms with Crippen LogP contribution in [-0.2, 0) is 9.59 Å². The van der Waals surface area contributed by atoms with Gasteiger partial charge in [-0.3, -0.25) is 15.0 Å². The summed E-state index contributed by atoms with van der Waals surface area (Å²) in [5.74, 6) is -4.92. The number of hydrazone groups is 1. The van der Waals surface area contributed by atoms with Crippen molar-refractivity contribution in [2.24, 2.45) is 27.2 Å². The Kier molecular flexibility index (Phi) is 7.43. The van der Waals surface area contributed by atoms with Crippen molar-refractivity contribution in [3.8, 4) is 16.9 Å². The maximum absolute atomic E-state index is 12.4. The molecule has 0 saturated carbocycles. The van der Waals surface area contributed by atoms with Crippen molar-refractivity contribution in [2.45, 2.75) is 13.8 Å². The molecule has 38 heavy (non-hydrogen) atoms. The molecule has 0 amide bonds. The number of carboxylic acids is 2. The average molecular weight is 513 g/mol. The topological polar surface area (TPSA) is 161 Å². The van der Waals surface area contributed by atoms with E-state index in [1.54, 1.807) is 50.3 Å². The molecule has 0 aliphatic heterocycles. The van der Waals surface area contributed by atoms with E-state index in [1.165, 1.54) is 12.1 Å². The largest absolute Gasteiger partial charge is 0.505 e. The Hall–Kier alpha value is -5.12. The second kappa shape index (κ2) is 10.9.